The Labute approximate surface area is 123 Å². The monoisotopic (exact) mass is 297 g/mol. The summed E-state index contributed by atoms with van der Waals surface area (Å²) in [6.45, 7) is 6.24. The van der Waals surface area contributed by atoms with Crippen LogP contribution in [-0.2, 0) is 9.47 Å². The molecule has 0 radical (unpaired) electrons. The standard InChI is InChI=1S/C15H20FNO4/c1-15(2,3)21-14(19)17-6-7-20-13(9-17)11-8-10(18)4-5-12(11)16/h4-5,8,13,18H,6-7,9H2,1-3H3. The second kappa shape index (κ2) is 5.89. The average Bonchev–Trinajstić information content (AvgIpc) is 2.40. The number of nitrogens with zero attached hydrogens (tertiary/aromatic N) is 1. The van der Waals surface area contributed by atoms with Crippen molar-refractivity contribution in [3.8, 4) is 5.75 Å². The molecule has 1 N–H and O–H groups in total. The van der Waals surface area contributed by atoms with Crippen LogP contribution in [0, 0.1) is 5.82 Å². The lowest BCUT2D eigenvalue weighted by Gasteiger charge is -2.34. The molecule has 5 nitrogen and oxygen atoms in total. The van der Waals surface area contributed by atoms with Gasteiger partial charge in [-0.05, 0) is 39.0 Å². The van der Waals surface area contributed by atoms with Gasteiger partial charge in [0.25, 0.3) is 0 Å². The Hall–Kier alpha value is -1.82. The van der Waals surface area contributed by atoms with Crippen LogP contribution in [0.15, 0.2) is 18.2 Å². The third kappa shape index (κ3) is 4.07. The lowest BCUT2D eigenvalue weighted by molar-refractivity contribution is -0.0444. The number of morpholine rings is 1. The van der Waals surface area contributed by atoms with E-state index in [9.17, 15) is 14.3 Å². The summed E-state index contributed by atoms with van der Waals surface area (Å²) in [4.78, 5) is 13.5. The Morgan fingerprint density at radius 2 is 2.19 bits per heavy atom. The Bertz CT molecular complexity index is 527. The summed E-state index contributed by atoms with van der Waals surface area (Å²) in [6, 6.07) is 3.77. The molecule has 1 unspecified atom stereocenters. The Balaban J connectivity index is 2.10. The number of hydrogen-bond donors (Lipinski definition) is 1. The summed E-state index contributed by atoms with van der Waals surface area (Å²) in [5, 5.41) is 9.47. The molecule has 0 aromatic heterocycles. The Morgan fingerprint density at radius 3 is 2.86 bits per heavy atom. The normalized spacial score (nSPS) is 19.4. The van der Waals surface area contributed by atoms with Crippen molar-refractivity contribution in [3.05, 3.63) is 29.6 Å². The van der Waals surface area contributed by atoms with Crippen molar-refractivity contribution in [2.24, 2.45) is 0 Å². The van der Waals surface area contributed by atoms with E-state index >= 15 is 0 Å². The van der Waals surface area contributed by atoms with Crippen molar-refractivity contribution in [3.63, 3.8) is 0 Å². The van der Waals surface area contributed by atoms with Gasteiger partial charge >= 0.3 is 6.09 Å². The predicted octanol–water partition coefficient (Wildman–Crippen LogP) is 2.84. The third-order valence-corrected chi connectivity index (χ3v) is 3.04. The SMILES string of the molecule is CC(C)(C)OC(=O)N1CCOC(c2cc(O)ccc2F)C1. The zero-order chi connectivity index (χ0) is 15.6. The maximum absolute atomic E-state index is 13.8. The van der Waals surface area contributed by atoms with Gasteiger partial charge in [0, 0.05) is 12.1 Å². The highest BCUT2D eigenvalue weighted by Gasteiger charge is 2.30. The fraction of sp³-hybridized carbons (Fsp3) is 0.533. The first-order chi connectivity index (χ1) is 9.76. The fourth-order valence-electron chi connectivity index (χ4n) is 2.11. The summed E-state index contributed by atoms with van der Waals surface area (Å²) in [5.74, 6) is -0.506. The highest BCUT2D eigenvalue weighted by atomic mass is 19.1. The van der Waals surface area contributed by atoms with Crippen molar-refractivity contribution in [1.29, 1.82) is 0 Å². The molecule has 0 bridgehead atoms. The molecule has 1 aliphatic rings. The minimum absolute atomic E-state index is 0.0376. The van der Waals surface area contributed by atoms with Gasteiger partial charge < -0.3 is 19.5 Å². The summed E-state index contributed by atoms with van der Waals surface area (Å²) in [5.41, 5.74) is -0.343. The number of carbonyl (C=O) groups excluding carboxylic acids is 1. The van der Waals surface area contributed by atoms with Crippen LogP contribution < -0.4 is 0 Å². The molecule has 1 amide bonds. The molecule has 1 fully saturated rings. The van der Waals surface area contributed by atoms with E-state index in [1.807, 2.05) is 0 Å². The maximum atomic E-state index is 13.8. The number of phenolic OH excluding ortho intramolecular Hbond substituents is 1. The van der Waals surface area contributed by atoms with Crippen molar-refractivity contribution in [2.75, 3.05) is 19.7 Å². The Kier molecular flexibility index (Phi) is 4.37. The van der Waals surface area contributed by atoms with Gasteiger partial charge in [-0.1, -0.05) is 0 Å². The minimum atomic E-state index is -0.613. The molecule has 1 aliphatic heterocycles. The van der Waals surface area contributed by atoms with Gasteiger partial charge in [-0.15, -0.1) is 0 Å². The first-order valence-electron chi connectivity index (χ1n) is 6.84. The van der Waals surface area contributed by atoms with E-state index in [1.54, 1.807) is 20.8 Å². The van der Waals surface area contributed by atoms with Gasteiger partial charge in [-0.3, -0.25) is 0 Å². The molecule has 2 rings (SSSR count). The van der Waals surface area contributed by atoms with Crippen LogP contribution in [0.25, 0.3) is 0 Å². The molecular formula is C15H20FNO4. The van der Waals surface area contributed by atoms with Gasteiger partial charge in [0.15, 0.2) is 0 Å². The highest BCUT2D eigenvalue weighted by molar-refractivity contribution is 5.68. The second-order valence-electron chi connectivity index (χ2n) is 5.99. The molecule has 21 heavy (non-hydrogen) atoms. The fourth-order valence-corrected chi connectivity index (χ4v) is 2.11. The summed E-state index contributed by atoms with van der Waals surface area (Å²) >= 11 is 0. The number of benzene rings is 1. The van der Waals surface area contributed by atoms with Crippen LogP contribution >= 0.6 is 0 Å². The quantitative estimate of drug-likeness (QED) is 0.866. The molecule has 0 spiro atoms. The van der Waals surface area contributed by atoms with E-state index in [0.29, 0.717) is 13.2 Å². The molecule has 1 heterocycles. The van der Waals surface area contributed by atoms with Gasteiger partial charge in [0.2, 0.25) is 0 Å². The molecular weight excluding hydrogens is 277 g/mol. The average molecular weight is 297 g/mol. The van der Waals surface area contributed by atoms with Crippen molar-refractivity contribution in [1.82, 2.24) is 4.90 Å². The second-order valence-corrected chi connectivity index (χ2v) is 5.99. The van der Waals surface area contributed by atoms with E-state index < -0.39 is 23.6 Å². The molecule has 0 saturated carbocycles. The van der Waals surface area contributed by atoms with E-state index in [4.69, 9.17) is 9.47 Å². The zero-order valence-corrected chi connectivity index (χ0v) is 12.4. The van der Waals surface area contributed by atoms with Crippen LogP contribution in [-0.4, -0.2) is 41.4 Å². The van der Waals surface area contributed by atoms with Crippen LogP contribution in [0.4, 0.5) is 9.18 Å². The van der Waals surface area contributed by atoms with E-state index in [0.717, 1.165) is 0 Å². The minimum Gasteiger partial charge on any atom is -0.508 e. The smallest absolute Gasteiger partial charge is 0.410 e. The molecule has 1 aromatic rings. The molecule has 1 atom stereocenters. The number of rotatable bonds is 1. The largest absolute Gasteiger partial charge is 0.508 e. The molecule has 0 aliphatic carbocycles. The summed E-state index contributed by atoms with van der Waals surface area (Å²) < 4.78 is 24.6. The van der Waals surface area contributed by atoms with Gasteiger partial charge in [0.1, 0.15) is 23.3 Å². The molecule has 6 heteroatoms. The van der Waals surface area contributed by atoms with Crippen molar-refractivity contribution < 1.29 is 23.8 Å². The lowest BCUT2D eigenvalue weighted by atomic mass is 10.1. The first-order valence-corrected chi connectivity index (χ1v) is 6.84. The number of carbonyl (C=O) groups is 1. The topological polar surface area (TPSA) is 59.0 Å². The third-order valence-electron chi connectivity index (χ3n) is 3.04. The summed E-state index contributed by atoms with van der Waals surface area (Å²) in [6.07, 6.45) is -1.06. The lowest BCUT2D eigenvalue weighted by Crippen LogP contribution is -2.44. The van der Waals surface area contributed by atoms with E-state index in [-0.39, 0.29) is 17.9 Å². The first kappa shape index (κ1) is 15.6. The number of halogens is 1. The summed E-state index contributed by atoms with van der Waals surface area (Å²) in [7, 11) is 0. The van der Waals surface area contributed by atoms with Gasteiger partial charge in [0.05, 0.1) is 13.2 Å². The molecule has 1 aromatic carbocycles. The number of hydrogen-bond acceptors (Lipinski definition) is 4. The zero-order valence-electron chi connectivity index (χ0n) is 12.4. The van der Waals surface area contributed by atoms with Crippen LogP contribution in [0.3, 0.4) is 0 Å². The predicted molar refractivity (Wildman–Crippen MR) is 74.6 cm³/mol. The van der Waals surface area contributed by atoms with Crippen LogP contribution in [0.1, 0.15) is 32.4 Å². The molecule has 116 valence electrons. The highest BCUT2D eigenvalue weighted by Crippen LogP contribution is 2.28. The van der Waals surface area contributed by atoms with E-state index in [2.05, 4.69) is 0 Å². The number of aromatic hydroxyl groups is 1. The van der Waals surface area contributed by atoms with Gasteiger partial charge in [-0.25, -0.2) is 9.18 Å². The molecule has 1 saturated heterocycles. The number of amides is 1. The maximum Gasteiger partial charge on any atom is 0.410 e. The Morgan fingerprint density at radius 1 is 1.48 bits per heavy atom. The number of ether oxygens (including phenoxy) is 2. The van der Waals surface area contributed by atoms with Gasteiger partial charge in [-0.2, -0.15) is 0 Å². The van der Waals surface area contributed by atoms with Crippen LogP contribution in [0.5, 0.6) is 5.75 Å². The van der Waals surface area contributed by atoms with E-state index in [1.165, 1.54) is 23.1 Å². The van der Waals surface area contributed by atoms with Crippen molar-refractivity contribution in [2.45, 2.75) is 32.5 Å². The van der Waals surface area contributed by atoms with Crippen molar-refractivity contribution >= 4 is 6.09 Å². The van der Waals surface area contributed by atoms with Crippen LogP contribution in [0.2, 0.25) is 0 Å². The number of phenols is 1.